The zero-order valence-electron chi connectivity index (χ0n) is 22.0. The Labute approximate surface area is 246 Å². The quantitative estimate of drug-likeness (QED) is 0.172. The summed E-state index contributed by atoms with van der Waals surface area (Å²) in [4.78, 5) is 0. The van der Waals surface area contributed by atoms with Crippen LogP contribution in [0.5, 0.6) is 0 Å². The summed E-state index contributed by atoms with van der Waals surface area (Å²) in [7, 11) is -3.19. The molecule has 2 aliphatic heterocycles. The lowest BCUT2D eigenvalue weighted by Crippen LogP contribution is -2.48. The van der Waals surface area contributed by atoms with Crippen LogP contribution < -0.4 is 15.9 Å². The van der Waals surface area contributed by atoms with E-state index in [1.165, 1.54) is 32.9 Å². The number of fused-ring (bicyclic) bond motifs is 11. The van der Waals surface area contributed by atoms with Crippen molar-refractivity contribution in [1.82, 2.24) is 4.57 Å². The van der Waals surface area contributed by atoms with Crippen molar-refractivity contribution in [2.45, 2.75) is 5.41 Å². The second-order valence-corrected chi connectivity index (χ2v) is 14.6. The highest BCUT2D eigenvalue weighted by Gasteiger charge is 2.54. The fourth-order valence-electron chi connectivity index (χ4n) is 7.62. The highest BCUT2D eigenvalue weighted by atomic mass is 79.9. The highest BCUT2D eigenvalue weighted by molar-refractivity contribution is 9.10. The fraction of sp³-hybridized carbons (Fsp3) is 0.0270. The van der Waals surface area contributed by atoms with Crippen LogP contribution in [-0.2, 0) is 9.98 Å². The molecule has 0 aliphatic carbocycles. The van der Waals surface area contributed by atoms with Crippen LogP contribution in [-0.4, -0.2) is 4.57 Å². The summed E-state index contributed by atoms with van der Waals surface area (Å²) >= 11 is 3.82. The van der Waals surface area contributed by atoms with Gasteiger partial charge < -0.3 is 9.13 Å². The molecular formula is C37H23BrNOP. The van der Waals surface area contributed by atoms with Gasteiger partial charge in [-0.05, 0) is 52.6 Å². The molecule has 9 rings (SSSR count). The van der Waals surface area contributed by atoms with E-state index in [9.17, 15) is 0 Å². The largest absolute Gasteiger partial charge is 0.309 e. The van der Waals surface area contributed by atoms with E-state index >= 15 is 4.57 Å². The van der Waals surface area contributed by atoms with Crippen molar-refractivity contribution >= 4 is 60.8 Å². The van der Waals surface area contributed by atoms with Gasteiger partial charge in [0.05, 0.1) is 22.1 Å². The average Bonchev–Trinajstić information content (AvgIpc) is 3.37. The van der Waals surface area contributed by atoms with E-state index in [0.29, 0.717) is 0 Å². The van der Waals surface area contributed by atoms with Gasteiger partial charge in [0.25, 0.3) is 0 Å². The molecule has 2 unspecified atom stereocenters. The predicted molar refractivity (Wildman–Crippen MR) is 173 cm³/mol. The molecule has 41 heavy (non-hydrogen) atoms. The molecule has 0 saturated heterocycles. The molecule has 0 fully saturated rings. The van der Waals surface area contributed by atoms with Crippen LogP contribution in [0.1, 0.15) is 22.3 Å². The summed E-state index contributed by atoms with van der Waals surface area (Å²) in [5.41, 5.74) is 7.51. The monoisotopic (exact) mass is 607 g/mol. The lowest BCUT2D eigenvalue weighted by atomic mass is 9.63. The van der Waals surface area contributed by atoms with Gasteiger partial charge in [-0.25, -0.2) is 0 Å². The minimum absolute atomic E-state index is 0.654. The van der Waals surface area contributed by atoms with Gasteiger partial charge in [-0.15, -0.1) is 0 Å². The number of nitrogens with zero attached hydrogens (tertiary/aromatic N) is 1. The van der Waals surface area contributed by atoms with Crippen LogP contribution >= 0.6 is 23.1 Å². The van der Waals surface area contributed by atoms with Crippen LogP contribution in [0.25, 0.3) is 27.5 Å². The SMILES string of the molecule is O=P1(c2ccccc2)c2ccccc2C2(c3ccccc3-n3c4ccccc4c4cccc2c43)c2cc(Br)ccc21. The van der Waals surface area contributed by atoms with Crippen LogP contribution in [0.15, 0.2) is 144 Å². The van der Waals surface area contributed by atoms with Crippen molar-refractivity contribution in [2.24, 2.45) is 0 Å². The summed E-state index contributed by atoms with van der Waals surface area (Å²) in [6, 6.07) is 49.0. The maximum atomic E-state index is 15.7. The molecule has 3 heterocycles. The summed E-state index contributed by atoms with van der Waals surface area (Å²) < 4.78 is 19.2. The molecule has 0 amide bonds. The molecule has 1 spiro atoms. The van der Waals surface area contributed by atoms with E-state index in [2.05, 4.69) is 118 Å². The van der Waals surface area contributed by atoms with E-state index in [-0.39, 0.29) is 0 Å². The number of benzene rings is 6. The van der Waals surface area contributed by atoms with E-state index in [1.54, 1.807) is 0 Å². The average molecular weight is 608 g/mol. The normalized spacial score (nSPS) is 20.1. The van der Waals surface area contributed by atoms with Crippen LogP contribution in [0, 0.1) is 0 Å². The number of halogens is 1. The second-order valence-electron chi connectivity index (χ2n) is 10.9. The van der Waals surface area contributed by atoms with Crippen molar-refractivity contribution in [3.05, 3.63) is 166 Å². The number of hydrogen-bond acceptors (Lipinski definition) is 1. The molecule has 0 N–H and O–H groups in total. The fourth-order valence-corrected chi connectivity index (χ4v) is 11.1. The van der Waals surface area contributed by atoms with Gasteiger partial charge in [0.2, 0.25) is 0 Å². The lowest BCUT2D eigenvalue weighted by Gasteiger charge is -2.47. The molecule has 2 aliphatic rings. The molecule has 0 bridgehead atoms. The van der Waals surface area contributed by atoms with Gasteiger partial charge in [-0.2, -0.15) is 0 Å². The number of para-hydroxylation sites is 3. The molecular weight excluding hydrogens is 585 g/mol. The molecule has 2 nitrogen and oxygen atoms in total. The minimum atomic E-state index is -3.19. The van der Waals surface area contributed by atoms with Crippen LogP contribution in [0.4, 0.5) is 0 Å². The molecule has 2 atom stereocenters. The Balaban J connectivity index is 1.56. The van der Waals surface area contributed by atoms with Crippen molar-refractivity contribution in [2.75, 3.05) is 0 Å². The molecule has 7 aromatic rings. The topological polar surface area (TPSA) is 22.0 Å². The van der Waals surface area contributed by atoms with Crippen molar-refractivity contribution in [3.8, 4) is 5.69 Å². The standard InChI is InChI=1S/C37H23BrNOP/c38-24-21-22-35-31(23-24)37(29-16-6-9-20-34(29)41(35,40)25-11-2-1-3-12-25)28-15-5-8-19-33(28)39-32-18-7-4-13-26(32)27-14-10-17-30(37)36(27)39/h1-23H. The smallest absolute Gasteiger partial charge is 0.171 e. The first-order valence-corrected chi connectivity index (χ1v) is 16.3. The number of hydrogen-bond donors (Lipinski definition) is 0. The van der Waals surface area contributed by atoms with Crippen LogP contribution in [0.3, 0.4) is 0 Å². The van der Waals surface area contributed by atoms with Gasteiger partial charge in [0.1, 0.15) is 0 Å². The van der Waals surface area contributed by atoms with Gasteiger partial charge in [-0.3, -0.25) is 0 Å². The van der Waals surface area contributed by atoms with Gasteiger partial charge in [-0.1, -0.05) is 125 Å². The Morgan fingerprint density at radius 2 is 1.22 bits per heavy atom. The predicted octanol–water partition coefficient (Wildman–Crippen LogP) is 8.20. The first kappa shape index (κ1) is 23.5. The summed E-state index contributed by atoms with van der Waals surface area (Å²) in [5.74, 6) is 0. The van der Waals surface area contributed by atoms with E-state index in [1.807, 2.05) is 42.5 Å². The first-order valence-electron chi connectivity index (χ1n) is 13.8. The van der Waals surface area contributed by atoms with Crippen molar-refractivity contribution in [3.63, 3.8) is 0 Å². The Kier molecular flexibility index (Phi) is 4.70. The molecule has 6 aromatic carbocycles. The van der Waals surface area contributed by atoms with E-state index < -0.39 is 12.6 Å². The van der Waals surface area contributed by atoms with Crippen molar-refractivity contribution in [1.29, 1.82) is 0 Å². The Morgan fingerprint density at radius 3 is 2.10 bits per heavy atom. The number of aromatic nitrogens is 1. The summed E-state index contributed by atoms with van der Waals surface area (Å²) in [5, 5.41) is 5.16. The molecule has 1 aromatic heterocycles. The van der Waals surface area contributed by atoms with Crippen LogP contribution in [0.2, 0.25) is 0 Å². The summed E-state index contributed by atoms with van der Waals surface area (Å²) in [6.07, 6.45) is 0. The zero-order valence-corrected chi connectivity index (χ0v) is 24.4. The molecule has 0 saturated carbocycles. The second kappa shape index (κ2) is 8.19. The van der Waals surface area contributed by atoms with E-state index in [4.69, 9.17) is 0 Å². The van der Waals surface area contributed by atoms with E-state index in [0.717, 1.165) is 37.2 Å². The third kappa shape index (κ3) is 2.76. The maximum Gasteiger partial charge on any atom is 0.171 e. The van der Waals surface area contributed by atoms with Gasteiger partial charge >= 0.3 is 0 Å². The number of rotatable bonds is 1. The third-order valence-corrected chi connectivity index (χ3v) is 12.8. The Morgan fingerprint density at radius 1 is 0.561 bits per heavy atom. The molecule has 0 radical (unpaired) electrons. The lowest BCUT2D eigenvalue weighted by molar-refractivity contribution is 0.590. The van der Waals surface area contributed by atoms with Gasteiger partial charge in [0, 0.05) is 31.2 Å². The minimum Gasteiger partial charge on any atom is -0.309 e. The molecule has 194 valence electrons. The zero-order chi connectivity index (χ0) is 27.3. The maximum absolute atomic E-state index is 15.7. The third-order valence-electron chi connectivity index (χ3n) is 9.12. The summed E-state index contributed by atoms with van der Waals surface area (Å²) in [6.45, 7) is 0. The van der Waals surface area contributed by atoms with Gasteiger partial charge in [0.15, 0.2) is 7.14 Å². The van der Waals surface area contributed by atoms with Crippen molar-refractivity contribution < 1.29 is 4.57 Å². The molecule has 4 heteroatoms. The Bertz CT molecular complexity index is 2270. The first-order chi connectivity index (χ1) is 20.1. The highest BCUT2D eigenvalue weighted by Crippen LogP contribution is 2.60. The Hall–Kier alpha value is -4.17.